The summed E-state index contributed by atoms with van der Waals surface area (Å²) in [5.74, 6) is -0.0165. The monoisotopic (exact) mass is 290 g/mol. The van der Waals surface area contributed by atoms with Crippen LogP contribution in [0.5, 0.6) is 5.75 Å². The van der Waals surface area contributed by atoms with Gasteiger partial charge in [-0.2, -0.15) is 0 Å². The number of esters is 1. The van der Waals surface area contributed by atoms with Crippen molar-refractivity contribution in [1.82, 2.24) is 4.98 Å². The van der Waals surface area contributed by atoms with Crippen LogP contribution < -0.4 is 4.74 Å². The van der Waals surface area contributed by atoms with Gasteiger partial charge in [0, 0.05) is 6.07 Å². The molecule has 0 spiro atoms. The first-order valence-electron chi connectivity index (χ1n) is 6.25. The summed E-state index contributed by atoms with van der Waals surface area (Å²) in [5.41, 5.74) is 0.954. The number of carbonyl (C=O) groups excluding carboxylic acids is 1. The van der Waals surface area contributed by atoms with Gasteiger partial charge in [-0.25, -0.2) is 4.79 Å². The second kappa shape index (κ2) is 6.08. The third kappa shape index (κ3) is 3.02. The Morgan fingerprint density at radius 3 is 2.71 bits per heavy atom. The lowest BCUT2D eigenvalue weighted by atomic mass is 10.1. The third-order valence-corrected chi connectivity index (χ3v) is 2.87. The number of nitro groups is 1. The molecule has 1 heterocycles. The Kier molecular flexibility index (Phi) is 4.22. The second-order valence-electron chi connectivity index (χ2n) is 4.15. The van der Waals surface area contributed by atoms with Crippen molar-refractivity contribution in [2.24, 2.45) is 0 Å². The zero-order chi connectivity index (χ0) is 15.4. The Labute approximate surface area is 120 Å². The number of hydrogen-bond acceptors (Lipinski definition) is 5. The molecule has 2 rings (SSSR count). The van der Waals surface area contributed by atoms with Gasteiger partial charge in [0.25, 0.3) is 5.69 Å². The highest BCUT2D eigenvalue weighted by molar-refractivity contribution is 5.89. The molecule has 1 N–H and O–H groups in total. The van der Waals surface area contributed by atoms with Crippen LogP contribution in [0.25, 0.3) is 11.3 Å². The summed E-state index contributed by atoms with van der Waals surface area (Å²) in [6.07, 6.45) is 0. The molecular weight excluding hydrogens is 276 g/mol. The van der Waals surface area contributed by atoms with E-state index in [4.69, 9.17) is 9.47 Å². The molecule has 0 unspecified atom stereocenters. The Bertz CT molecular complexity index is 678. The topological polar surface area (TPSA) is 94.5 Å². The van der Waals surface area contributed by atoms with Crippen LogP contribution in [0.3, 0.4) is 0 Å². The zero-order valence-corrected chi connectivity index (χ0v) is 11.6. The van der Waals surface area contributed by atoms with Gasteiger partial charge in [0.1, 0.15) is 11.4 Å². The van der Waals surface area contributed by atoms with E-state index in [0.717, 1.165) is 0 Å². The number of rotatable bonds is 5. The molecule has 0 aliphatic rings. The smallest absolute Gasteiger partial charge is 0.354 e. The van der Waals surface area contributed by atoms with Crippen molar-refractivity contribution in [1.29, 1.82) is 0 Å². The fourth-order valence-electron chi connectivity index (χ4n) is 1.90. The van der Waals surface area contributed by atoms with Crippen LogP contribution in [-0.4, -0.2) is 29.6 Å². The number of H-pyrrole nitrogens is 1. The third-order valence-electron chi connectivity index (χ3n) is 2.87. The lowest BCUT2D eigenvalue weighted by Gasteiger charge is -2.04. The van der Waals surface area contributed by atoms with Gasteiger partial charge in [-0.05, 0) is 31.2 Å². The molecular formula is C14H14N2O5. The summed E-state index contributed by atoms with van der Waals surface area (Å²) >= 11 is 0. The van der Waals surface area contributed by atoms with Crippen LogP contribution in [0, 0.1) is 10.1 Å². The number of nitro benzene ring substituents is 1. The number of carbonyl (C=O) groups is 1. The molecule has 2 aromatic rings. The summed E-state index contributed by atoms with van der Waals surface area (Å²) in [7, 11) is 1.48. The summed E-state index contributed by atoms with van der Waals surface area (Å²) in [6.45, 7) is 1.96. The van der Waals surface area contributed by atoms with Crippen LogP contribution in [0.1, 0.15) is 17.4 Å². The Morgan fingerprint density at radius 2 is 2.10 bits per heavy atom. The van der Waals surface area contributed by atoms with E-state index in [1.807, 2.05) is 0 Å². The molecule has 21 heavy (non-hydrogen) atoms. The number of aromatic nitrogens is 1. The Hall–Kier alpha value is -2.83. The standard InChI is InChI=1S/C14H14N2O5/c1-3-21-14(17)12-6-5-11(15-12)10-8-9(20-2)4-7-13(10)16(18)19/h4-8,15H,3H2,1-2H3. The molecule has 1 aromatic carbocycles. The number of benzene rings is 1. The highest BCUT2D eigenvalue weighted by atomic mass is 16.6. The molecule has 0 radical (unpaired) electrons. The van der Waals surface area contributed by atoms with Gasteiger partial charge in [0.05, 0.1) is 29.9 Å². The number of nitrogens with one attached hydrogen (secondary N) is 1. The van der Waals surface area contributed by atoms with Crippen molar-refractivity contribution in [3.05, 3.63) is 46.1 Å². The maximum absolute atomic E-state index is 11.6. The number of nitrogens with zero attached hydrogens (tertiary/aromatic N) is 1. The molecule has 0 amide bonds. The number of methoxy groups -OCH3 is 1. The van der Waals surface area contributed by atoms with E-state index in [-0.39, 0.29) is 18.0 Å². The fourth-order valence-corrected chi connectivity index (χ4v) is 1.90. The molecule has 0 saturated carbocycles. The van der Waals surface area contributed by atoms with E-state index in [1.165, 1.54) is 25.3 Å². The first-order chi connectivity index (χ1) is 10.1. The molecule has 0 bridgehead atoms. The molecule has 7 nitrogen and oxygen atoms in total. The SMILES string of the molecule is CCOC(=O)c1ccc(-c2cc(OC)ccc2[N+](=O)[O-])[nH]1. The highest BCUT2D eigenvalue weighted by Crippen LogP contribution is 2.32. The lowest BCUT2D eigenvalue weighted by molar-refractivity contribution is -0.384. The predicted molar refractivity (Wildman–Crippen MR) is 75.4 cm³/mol. The van der Waals surface area contributed by atoms with E-state index in [1.54, 1.807) is 19.1 Å². The van der Waals surface area contributed by atoms with Gasteiger partial charge < -0.3 is 14.5 Å². The number of ether oxygens (including phenoxy) is 2. The zero-order valence-electron chi connectivity index (χ0n) is 11.6. The van der Waals surface area contributed by atoms with Gasteiger partial charge in [-0.15, -0.1) is 0 Å². The maximum Gasteiger partial charge on any atom is 0.354 e. The Morgan fingerprint density at radius 1 is 1.33 bits per heavy atom. The molecule has 0 aliphatic carbocycles. The average Bonchev–Trinajstić information content (AvgIpc) is 2.96. The van der Waals surface area contributed by atoms with Crippen LogP contribution in [0.2, 0.25) is 0 Å². The summed E-state index contributed by atoms with van der Waals surface area (Å²) in [4.78, 5) is 25.1. The molecule has 0 atom stereocenters. The van der Waals surface area contributed by atoms with Gasteiger partial charge >= 0.3 is 5.97 Å². The summed E-state index contributed by atoms with van der Waals surface area (Å²) in [6, 6.07) is 7.53. The average molecular weight is 290 g/mol. The minimum atomic E-state index is -0.505. The normalized spacial score (nSPS) is 10.2. The maximum atomic E-state index is 11.6. The van der Waals surface area contributed by atoms with Crippen molar-refractivity contribution < 1.29 is 19.2 Å². The van der Waals surface area contributed by atoms with Gasteiger partial charge in [0.15, 0.2) is 0 Å². The van der Waals surface area contributed by atoms with E-state index in [0.29, 0.717) is 17.0 Å². The van der Waals surface area contributed by atoms with Gasteiger partial charge in [0.2, 0.25) is 0 Å². The van der Waals surface area contributed by atoms with E-state index < -0.39 is 10.9 Å². The fraction of sp³-hybridized carbons (Fsp3) is 0.214. The molecule has 0 saturated heterocycles. The van der Waals surface area contributed by atoms with Crippen molar-refractivity contribution in [2.45, 2.75) is 6.92 Å². The minimum Gasteiger partial charge on any atom is -0.497 e. The predicted octanol–water partition coefficient (Wildman–Crippen LogP) is 2.78. The Balaban J connectivity index is 2.45. The molecule has 1 aromatic heterocycles. The largest absolute Gasteiger partial charge is 0.497 e. The van der Waals surface area contributed by atoms with E-state index in [9.17, 15) is 14.9 Å². The lowest BCUT2D eigenvalue weighted by Crippen LogP contribution is -2.04. The number of aromatic amines is 1. The van der Waals surface area contributed by atoms with Crippen LogP contribution in [0.4, 0.5) is 5.69 Å². The molecule has 0 aliphatic heterocycles. The molecule has 110 valence electrons. The molecule has 7 heteroatoms. The second-order valence-corrected chi connectivity index (χ2v) is 4.15. The van der Waals surface area contributed by atoms with E-state index in [2.05, 4.69) is 4.98 Å². The summed E-state index contributed by atoms with van der Waals surface area (Å²) < 4.78 is 9.95. The van der Waals surface area contributed by atoms with Crippen molar-refractivity contribution in [3.63, 3.8) is 0 Å². The van der Waals surface area contributed by atoms with Crippen LogP contribution in [-0.2, 0) is 4.74 Å². The van der Waals surface area contributed by atoms with Crippen LogP contribution in [0.15, 0.2) is 30.3 Å². The van der Waals surface area contributed by atoms with E-state index >= 15 is 0 Å². The molecule has 0 fully saturated rings. The number of hydrogen-bond donors (Lipinski definition) is 1. The van der Waals surface area contributed by atoms with Gasteiger partial charge in [-0.3, -0.25) is 10.1 Å². The first kappa shape index (κ1) is 14.6. The highest BCUT2D eigenvalue weighted by Gasteiger charge is 2.19. The summed E-state index contributed by atoms with van der Waals surface area (Å²) in [5, 5.41) is 11.1. The minimum absolute atomic E-state index is 0.0759. The van der Waals surface area contributed by atoms with Crippen LogP contribution >= 0.6 is 0 Å². The quantitative estimate of drug-likeness (QED) is 0.519. The van der Waals surface area contributed by atoms with Crippen molar-refractivity contribution in [3.8, 4) is 17.0 Å². The first-order valence-corrected chi connectivity index (χ1v) is 6.25. The van der Waals surface area contributed by atoms with Crippen molar-refractivity contribution >= 4 is 11.7 Å². The van der Waals surface area contributed by atoms with Crippen molar-refractivity contribution in [2.75, 3.05) is 13.7 Å². The van der Waals surface area contributed by atoms with Gasteiger partial charge in [-0.1, -0.05) is 0 Å².